The molecule has 1 N–H and O–H groups in total. The summed E-state index contributed by atoms with van der Waals surface area (Å²) in [6, 6.07) is 9.42. The van der Waals surface area contributed by atoms with E-state index in [4.69, 9.17) is 4.74 Å². The molecule has 0 bridgehead atoms. The second-order valence-corrected chi connectivity index (χ2v) is 8.15. The molecule has 0 saturated carbocycles. The molecule has 0 spiro atoms. The van der Waals surface area contributed by atoms with Crippen molar-refractivity contribution in [3.63, 3.8) is 0 Å². The van der Waals surface area contributed by atoms with Crippen molar-refractivity contribution in [1.29, 1.82) is 0 Å². The van der Waals surface area contributed by atoms with Gasteiger partial charge in [0.25, 0.3) is 10.0 Å². The smallest absolute Gasteiger partial charge is 0.262 e. The molecule has 0 amide bonds. The Morgan fingerprint density at radius 2 is 2.08 bits per heavy atom. The minimum Gasteiger partial charge on any atom is -0.489 e. The van der Waals surface area contributed by atoms with Gasteiger partial charge in [0.2, 0.25) is 0 Å². The molecule has 7 heteroatoms. The number of halogens is 1. The molecule has 1 unspecified atom stereocenters. The second-order valence-electron chi connectivity index (χ2n) is 6.50. The van der Waals surface area contributed by atoms with Crippen LogP contribution in [0.3, 0.4) is 0 Å². The molecule has 2 aromatic rings. The fourth-order valence-corrected chi connectivity index (χ4v) is 4.82. The minimum atomic E-state index is -3.87. The first-order valence-electron chi connectivity index (χ1n) is 8.26. The summed E-state index contributed by atoms with van der Waals surface area (Å²) in [5.74, 6) is 0.0918. The zero-order valence-electron chi connectivity index (χ0n) is 13.8. The minimum absolute atomic E-state index is 0.0641. The van der Waals surface area contributed by atoms with Gasteiger partial charge in [0.05, 0.1) is 22.3 Å². The Morgan fingerprint density at radius 1 is 1.24 bits per heavy atom. The van der Waals surface area contributed by atoms with E-state index in [1.165, 1.54) is 12.1 Å². The molecule has 4 rings (SSSR count). The van der Waals surface area contributed by atoms with Crippen molar-refractivity contribution < 1.29 is 17.5 Å². The van der Waals surface area contributed by atoms with Gasteiger partial charge in [0.1, 0.15) is 18.2 Å². The van der Waals surface area contributed by atoms with Crippen LogP contribution in [0.25, 0.3) is 0 Å². The van der Waals surface area contributed by atoms with Gasteiger partial charge in [0.15, 0.2) is 0 Å². The lowest BCUT2D eigenvalue weighted by atomic mass is 10.1. The zero-order chi connectivity index (χ0) is 17.6. The highest BCUT2D eigenvalue weighted by atomic mass is 32.2. The maximum Gasteiger partial charge on any atom is 0.262 e. The first kappa shape index (κ1) is 16.2. The van der Waals surface area contributed by atoms with E-state index in [1.807, 2.05) is 6.07 Å². The average Bonchev–Trinajstić information content (AvgIpc) is 3.05. The number of anilines is 2. The van der Waals surface area contributed by atoms with Gasteiger partial charge < -0.3 is 9.64 Å². The molecule has 2 aliphatic rings. The van der Waals surface area contributed by atoms with Crippen molar-refractivity contribution in [2.45, 2.75) is 30.7 Å². The molecule has 2 heterocycles. The molecule has 25 heavy (non-hydrogen) atoms. The number of hydrogen-bond acceptors (Lipinski definition) is 4. The summed E-state index contributed by atoms with van der Waals surface area (Å²) in [6.07, 6.45) is 2.26. The maximum atomic E-state index is 13.4. The number of aryl methyl sites for hydroxylation is 1. The molecule has 0 aliphatic carbocycles. The van der Waals surface area contributed by atoms with Crippen molar-refractivity contribution in [3.8, 4) is 5.75 Å². The van der Waals surface area contributed by atoms with Crippen molar-refractivity contribution in [2.75, 3.05) is 22.8 Å². The van der Waals surface area contributed by atoms with Crippen LogP contribution in [0.5, 0.6) is 5.75 Å². The third-order valence-corrected chi connectivity index (χ3v) is 6.29. The number of benzene rings is 2. The van der Waals surface area contributed by atoms with Crippen LogP contribution in [-0.4, -0.2) is 27.6 Å². The van der Waals surface area contributed by atoms with E-state index < -0.39 is 15.8 Å². The lowest BCUT2D eigenvalue weighted by Gasteiger charge is -2.33. The normalized spacial score (nSPS) is 19.1. The third kappa shape index (κ3) is 2.93. The first-order valence-corrected chi connectivity index (χ1v) is 9.75. The van der Waals surface area contributed by atoms with Gasteiger partial charge in [-0.1, -0.05) is 6.07 Å². The van der Waals surface area contributed by atoms with Crippen molar-refractivity contribution in [3.05, 3.63) is 47.8 Å². The summed E-state index contributed by atoms with van der Waals surface area (Å²) in [5.41, 5.74) is 1.89. The SMILES string of the molecule is Cc1ccc(F)cc1S(=O)(=O)Nc1ccc2c(c1)OCC1CCCN21. The van der Waals surface area contributed by atoms with E-state index in [0.29, 0.717) is 29.6 Å². The van der Waals surface area contributed by atoms with E-state index in [9.17, 15) is 12.8 Å². The number of hydrogen-bond donors (Lipinski definition) is 1. The fraction of sp³-hybridized carbons (Fsp3) is 0.333. The maximum absolute atomic E-state index is 13.4. The van der Waals surface area contributed by atoms with E-state index in [-0.39, 0.29) is 4.90 Å². The quantitative estimate of drug-likeness (QED) is 0.910. The van der Waals surface area contributed by atoms with Crippen LogP contribution in [0, 0.1) is 12.7 Å². The number of nitrogens with zero attached hydrogens (tertiary/aromatic N) is 1. The standard InChI is InChI=1S/C18H19FN2O3S/c1-12-4-5-13(19)9-18(12)25(22,23)20-14-6-7-16-17(10-14)24-11-15-3-2-8-21(15)16/h4-7,9-10,15,20H,2-3,8,11H2,1H3. The summed E-state index contributed by atoms with van der Waals surface area (Å²) >= 11 is 0. The Hall–Kier alpha value is -2.28. The summed E-state index contributed by atoms with van der Waals surface area (Å²) in [4.78, 5) is 2.25. The number of ether oxygens (including phenoxy) is 1. The Kier molecular flexibility index (Phi) is 3.83. The predicted molar refractivity (Wildman–Crippen MR) is 94.3 cm³/mol. The van der Waals surface area contributed by atoms with Gasteiger partial charge >= 0.3 is 0 Å². The largest absolute Gasteiger partial charge is 0.489 e. The topological polar surface area (TPSA) is 58.6 Å². The van der Waals surface area contributed by atoms with E-state index in [2.05, 4.69) is 9.62 Å². The number of sulfonamides is 1. The Bertz CT molecular complexity index is 930. The second kappa shape index (κ2) is 5.91. The van der Waals surface area contributed by atoms with Crippen molar-refractivity contribution in [2.24, 2.45) is 0 Å². The van der Waals surface area contributed by atoms with Crippen LogP contribution in [0.4, 0.5) is 15.8 Å². The third-order valence-electron chi connectivity index (χ3n) is 4.77. The molecule has 0 aromatic heterocycles. The van der Waals surface area contributed by atoms with Crippen LogP contribution in [0.1, 0.15) is 18.4 Å². The Balaban J connectivity index is 1.64. The van der Waals surface area contributed by atoms with Gasteiger partial charge in [-0.3, -0.25) is 4.72 Å². The van der Waals surface area contributed by atoms with Crippen LogP contribution >= 0.6 is 0 Å². The highest BCUT2D eigenvalue weighted by Crippen LogP contribution is 2.39. The van der Waals surface area contributed by atoms with E-state index in [1.54, 1.807) is 19.1 Å². The first-order chi connectivity index (χ1) is 11.9. The highest BCUT2D eigenvalue weighted by molar-refractivity contribution is 7.92. The van der Waals surface area contributed by atoms with Crippen molar-refractivity contribution >= 4 is 21.4 Å². The highest BCUT2D eigenvalue weighted by Gasteiger charge is 2.31. The molecule has 0 radical (unpaired) electrons. The van der Waals surface area contributed by atoms with E-state index >= 15 is 0 Å². The van der Waals surface area contributed by atoms with Gasteiger partial charge in [-0.25, -0.2) is 12.8 Å². The zero-order valence-corrected chi connectivity index (χ0v) is 14.6. The lowest BCUT2D eigenvalue weighted by Crippen LogP contribution is -2.38. The summed E-state index contributed by atoms with van der Waals surface area (Å²) in [5, 5.41) is 0. The van der Waals surface area contributed by atoms with E-state index in [0.717, 1.165) is 31.1 Å². The molecular weight excluding hydrogens is 343 g/mol. The molecular formula is C18H19FN2O3S. The Labute approximate surface area is 146 Å². The average molecular weight is 362 g/mol. The molecule has 1 atom stereocenters. The summed E-state index contributed by atoms with van der Waals surface area (Å²) in [6.45, 7) is 3.25. The molecule has 2 aliphatic heterocycles. The van der Waals surface area contributed by atoms with Gasteiger partial charge in [-0.05, 0) is 49.6 Å². The molecule has 132 valence electrons. The number of rotatable bonds is 3. The van der Waals surface area contributed by atoms with Crippen LogP contribution < -0.4 is 14.4 Å². The molecule has 5 nitrogen and oxygen atoms in total. The van der Waals surface area contributed by atoms with Crippen molar-refractivity contribution in [1.82, 2.24) is 0 Å². The van der Waals surface area contributed by atoms with Crippen LogP contribution in [0.15, 0.2) is 41.3 Å². The summed E-state index contributed by atoms with van der Waals surface area (Å²) in [7, 11) is -3.87. The van der Waals surface area contributed by atoms with Gasteiger partial charge in [-0.2, -0.15) is 0 Å². The van der Waals surface area contributed by atoms with Crippen LogP contribution in [0.2, 0.25) is 0 Å². The molecule has 1 saturated heterocycles. The summed E-state index contributed by atoms with van der Waals surface area (Å²) < 4.78 is 47.0. The number of fused-ring (bicyclic) bond motifs is 3. The number of nitrogens with one attached hydrogen (secondary N) is 1. The van der Waals surface area contributed by atoms with Crippen LogP contribution in [-0.2, 0) is 10.0 Å². The van der Waals surface area contributed by atoms with Gasteiger partial charge in [0, 0.05) is 12.6 Å². The Morgan fingerprint density at radius 3 is 2.92 bits per heavy atom. The lowest BCUT2D eigenvalue weighted by molar-refractivity contribution is 0.272. The predicted octanol–water partition coefficient (Wildman–Crippen LogP) is 3.30. The molecule has 2 aromatic carbocycles. The van der Waals surface area contributed by atoms with Gasteiger partial charge in [-0.15, -0.1) is 0 Å². The fourth-order valence-electron chi connectivity index (χ4n) is 3.52. The monoisotopic (exact) mass is 362 g/mol. The molecule has 1 fully saturated rings.